The Balaban J connectivity index is 1.80. The largest absolute Gasteiger partial charge is 0.362 e. The number of hydrogen-bond acceptors (Lipinski definition) is 3. The van der Waals surface area contributed by atoms with Crippen molar-refractivity contribution in [1.82, 2.24) is 10.4 Å². The van der Waals surface area contributed by atoms with E-state index in [9.17, 15) is 4.79 Å². The molecule has 0 atom stereocenters. The average molecular weight is 294 g/mol. The lowest BCUT2D eigenvalue weighted by Crippen LogP contribution is -2.17. The number of amides is 1. The maximum atomic E-state index is 11.9. The predicted octanol–water partition coefficient (Wildman–Crippen LogP) is 3.08. The molecule has 3 N–H and O–H groups in total. The summed E-state index contributed by atoms with van der Waals surface area (Å²) in [6, 6.07) is 11.9. The molecular weight excluding hydrogens is 276 g/mol. The fourth-order valence-corrected chi connectivity index (χ4v) is 2.24. The molecular formula is C17H18N4O. The molecule has 1 aliphatic rings. The Bertz CT molecular complexity index is 725. The van der Waals surface area contributed by atoms with Crippen molar-refractivity contribution in [2.24, 2.45) is 5.10 Å². The van der Waals surface area contributed by atoms with E-state index in [0.717, 1.165) is 11.4 Å². The van der Waals surface area contributed by atoms with Crippen molar-refractivity contribution < 1.29 is 4.79 Å². The van der Waals surface area contributed by atoms with Crippen LogP contribution in [0.1, 0.15) is 31.0 Å². The van der Waals surface area contributed by atoms with Gasteiger partial charge >= 0.3 is 0 Å². The highest BCUT2D eigenvalue weighted by Gasteiger charge is 2.22. The number of amidine groups is 1. The van der Waals surface area contributed by atoms with Gasteiger partial charge in [-0.1, -0.05) is 26.0 Å². The maximum absolute atomic E-state index is 11.9. The van der Waals surface area contributed by atoms with Gasteiger partial charge in [0.2, 0.25) is 0 Å². The average Bonchev–Trinajstić information content (AvgIpc) is 3.13. The zero-order valence-electron chi connectivity index (χ0n) is 12.6. The number of nitrogens with one attached hydrogen (secondary N) is 3. The van der Waals surface area contributed by atoms with Gasteiger partial charge in [0.15, 0.2) is 5.84 Å². The molecule has 2 aromatic rings. The number of aromatic amines is 1. The maximum Gasteiger partial charge on any atom is 0.275 e. The second-order valence-corrected chi connectivity index (χ2v) is 5.49. The number of benzene rings is 1. The van der Waals surface area contributed by atoms with Crippen molar-refractivity contribution in [3.05, 3.63) is 59.4 Å². The van der Waals surface area contributed by atoms with Crippen LogP contribution in [0.2, 0.25) is 0 Å². The molecule has 1 aromatic carbocycles. The molecule has 1 aromatic heterocycles. The van der Waals surface area contributed by atoms with E-state index >= 15 is 0 Å². The number of hydrazone groups is 1. The summed E-state index contributed by atoms with van der Waals surface area (Å²) >= 11 is 0. The summed E-state index contributed by atoms with van der Waals surface area (Å²) in [5, 5.41) is 7.24. The van der Waals surface area contributed by atoms with E-state index in [4.69, 9.17) is 0 Å². The number of carbonyl (C=O) groups is 1. The Hall–Kier alpha value is -2.82. The Labute approximate surface area is 129 Å². The summed E-state index contributed by atoms with van der Waals surface area (Å²) in [6.07, 6.45) is 3.59. The second-order valence-electron chi connectivity index (χ2n) is 5.49. The molecule has 0 saturated heterocycles. The first-order valence-electron chi connectivity index (χ1n) is 7.24. The lowest BCUT2D eigenvalue weighted by molar-refractivity contribution is -0.116. The number of rotatable bonds is 3. The standard InChI is InChI=1S/C17H18N4O/c1-11(2)12-5-7-13(8-6-12)19-16-15(17(22)21-20-16)10-14-4-3-9-18-14/h3-11,18H,1-2H3,(H,19,20)(H,21,22)/b15-10+. The van der Waals surface area contributed by atoms with Crippen LogP contribution in [0.3, 0.4) is 0 Å². The first kappa shape index (κ1) is 14.1. The fourth-order valence-electron chi connectivity index (χ4n) is 2.24. The highest BCUT2D eigenvalue weighted by Crippen LogP contribution is 2.19. The van der Waals surface area contributed by atoms with Crippen LogP contribution in [0.15, 0.2) is 53.3 Å². The minimum atomic E-state index is -0.212. The van der Waals surface area contributed by atoms with E-state index in [-0.39, 0.29) is 5.91 Å². The quantitative estimate of drug-likeness (QED) is 0.761. The number of H-pyrrole nitrogens is 1. The van der Waals surface area contributed by atoms with E-state index in [0.29, 0.717) is 17.3 Å². The van der Waals surface area contributed by atoms with Gasteiger partial charge in [-0.25, -0.2) is 5.43 Å². The van der Waals surface area contributed by atoms with Crippen molar-refractivity contribution >= 4 is 23.5 Å². The Morgan fingerprint density at radius 2 is 1.95 bits per heavy atom. The number of nitrogens with zero attached hydrogens (tertiary/aromatic N) is 1. The van der Waals surface area contributed by atoms with Crippen molar-refractivity contribution in [2.75, 3.05) is 5.32 Å². The molecule has 0 saturated carbocycles. The monoisotopic (exact) mass is 294 g/mol. The van der Waals surface area contributed by atoms with Crippen molar-refractivity contribution in [3.8, 4) is 0 Å². The number of aromatic nitrogens is 1. The van der Waals surface area contributed by atoms with E-state index < -0.39 is 0 Å². The van der Waals surface area contributed by atoms with Crippen LogP contribution in [0, 0.1) is 0 Å². The molecule has 0 unspecified atom stereocenters. The highest BCUT2D eigenvalue weighted by molar-refractivity contribution is 6.30. The molecule has 112 valence electrons. The van der Waals surface area contributed by atoms with Crippen molar-refractivity contribution in [1.29, 1.82) is 0 Å². The predicted molar refractivity (Wildman–Crippen MR) is 88.5 cm³/mol. The summed E-state index contributed by atoms with van der Waals surface area (Å²) in [6.45, 7) is 4.31. The van der Waals surface area contributed by atoms with Crippen LogP contribution in [0.5, 0.6) is 0 Å². The molecule has 2 heterocycles. The van der Waals surface area contributed by atoms with Gasteiger partial charge in [-0.3, -0.25) is 4.79 Å². The Morgan fingerprint density at radius 1 is 1.18 bits per heavy atom. The lowest BCUT2D eigenvalue weighted by Gasteiger charge is -2.09. The Kier molecular flexibility index (Phi) is 3.78. The third kappa shape index (κ3) is 2.93. The number of carbonyl (C=O) groups excluding carboxylic acids is 1. The molecule has 0 spiro atoms. The van der Waals surface area contributed by atoms with Gasteiger partial charge < -0.3 is 10.3 Å². The molecule has 3 rings (SSSR count). The number of anilines is 1. The summed E-state index contributed by atoms with van der Waals surface area (Å²) < 4.78 is 0. The van der Waals surface area contributed by atoms with Gasteiger partial charge in [0.05, 0.1) is 5.57 Å². The minimum Gasteiger partial charge on any atom is -0.362 e. The molecule has 22 heavy (non-hydrogen) atoms. The summed E-state index contributed by atoms with van der Waals surface area (Å²) in [7, 11) is 0. The molecule has 1 aliphatic heterocycles. The van der Waals surface area contributed by atoms with Crippen LogP contribution in [0.4, 0.5) is 5.69 Å². The van der Waals surface area contributed by atoms with Gasteiger partial charge in [-0.2, -0.15) is 5.10 Å². The van der Waals surface area contributed by atoms with Crippen LogP contribution in [0.25, 0.3) is 6.08 Å². The summed E-state index contributed by atoms with van der Waals surface area (Å²) in [4.78, 5) is 14.9. The van der Waals surface area contributed by atoms with Crippen molar-refractivity contribution in [3.63, 3.8) is 0 Å². The molecule has 1 amide bonds. The van der Waals surface area contributed by atoms with E-state index in [1.807, 2.05) is 30.5 Å². The first-order chi connectivity index (χ1) is 10.6. The van der Waals surface area contributed by atoms with E-state index in [1.165, 1.54) is 5.56 Å². The van der Waals surface area contributed by atoms with E-state index in [2.05, 4.69) is 46.8 Å². The molecule has 0 fully saturated rings. The zero-order valence-corrected chi connectivity index (χ0v) is 12.6. The van der Waals surface area contributed by atoms with E-state index in [1.54, 1.807) is 6.08 Å². The molecule has 0 radical (unpaired) electrons. The second kappa shape index (κ2) is 5.89. The third-order valence-electron chi connectivity index (χ3n) is 3.53. The number of hydrogen-bond donors (Lipinski definition) is 3. The summed E-state index contributed by atoms with van der Waals surface area (Å²) in [5.41, 5.74) is 6.03. The normalized spacial score (nSPS) is 16.0. The highest BCUT2D eigenvalue weighted by atomic mass is 16.2. The summed E-state index contributed by atoms with van der Waals surface area (Å²) in [5.74, 6) is 0.803. The van der Waals surface area contributed by atoms with Crippen LogP contribution in [-0.4, -0.2) is 16.7 Å². The van der Waals surface area contributed by atoms with Crippen molar-refractivity contribution in [2.45, 2.75) is 19.8 Å². The zero-order chi connectivity index (χ0) is 15.5. The van der Waals surface area contributed by atoms with Gasteiger partial charge in [0, 0.05) is 17.6 Å². The van der Waals surface area contributed by atoms with Gasteiger partial charge in [-0.05, 0) is 41.8 Å². The van der Waals surface area contributed by atoms with Gasteiger partial charge in [-0.15, -0.1) is 0 Å². The smallest absolute Gasteiger partial charge is 0.275 e. The fraction of sp³-hybridized carbons (Fsp3) is 0.176. The van der Waals surface area contributed by atoms with Crippen LogP contribution < -0.4 is 10.7 Å². The van der Waals surface area contributed by atoms with Gasteiger partial charge in [0.25, 0.3) is 5.91 Å². The minimum absolute atomic E-state index is 0.212. The molecule has 0 bridgehead atoms. The van der Waals surface area contributed by atoms with Crippen LogP contribution in [-0.2, 0) is 4.79 Å². The van der Waals surface area contributed by atoms with Crippen LogP contribution >= 0.6 is 0 Å². The molecule has 5 heteroatoms. The Morgan fingerprint density at radius 3 is 2.59 bits per heavy atom. The molecule has 0 aliphatic carbocycles. The first-order valence-corrected chi connectivity index (χ1v) is 7.24. The lowest BCUT2D eigenvalue weighted by atomic mass is 10.0. The SMILES string of the molecule is CC(C)c1ccc(NC2=NNC(=O)/C2=C/c2ccc[nH]2)cc1. The molecule has 5 nitrogen and oxygen atoms in total. The third-order valence-corrected chi connectivity index (χ3v) is 3.53. The van der Waals surface area contributed by atoms with Gasteiger partial charge in [0.1, 0.15) is 0 Å². The topological polar surface area (TPSA) is 69.3 Å².